The van der Waals surface area contributed by atoms with Crippen molar-refractivity contribution in [2.75, 3.05) is 30.3 Å². The van der Waals surface area contributed by atoms with Gasteiger partial charge in [0, 0.05) is 35.6 Å². The fourth-order valence-electron chi connectivity index (χ4n) is 2.94. The molecule has 0 saturated heterocycles. The first kappa shape index (κ1) is 21.9. The number of amides is 3. The minimum absolute atomic E-state index is 0.0121. The number of benzene rings is 2. The largest absolute Gasteiger partial charge is 0.376 e. The second kappa shape index (κ2) is 10.8. The maximum atomic E-state index is 12.7. The summed E-state index contributed by atoms with van der Waals surface area (Å²) < 4.78 is 0. The van der Waals surface area contributed by atoms with Crippen LogP contribution in [0.25, 0.3) is 0 Å². The predicted molar refractivity (Wildman–Crippen MR) is 115 cm³/mol. The van der Waals surface area contributed by atoms with E-state index in [1.54, 1.807) is 48.5 Å². The Hall–Kier alpha value is -3.35. The van der Waals surface area contributed by atoms with Crippen LogP contribution in [0.2, 0.25) is 0 Å². The number of nitrogens with two attached hydrogens (primary N) is 1. The molecule has 0 spiro atoms. The maximum absolute atomic E-state index is 12.7. The van der Waals surface area contributed by atoms with E-state index in [0.717, 1.165) is 12.8 Å². The Morgan fingerprint density at radius 3 is 2.10 bits per heavy atom. The van der Waals surface area contributed by atoms with Crippen molar-refractivity contribution in [3.63, 3.8) is 0 Å². The van der Waals surface area contributed by atoms with E-state index in [1.165, 1.54) is 0 Å². The van der Waals surface area contributed by atoms with E-state index in [2.05, 4.69) is 10.6 Å². The monoisotopic (exact) mass is 396 g/mol. The van der Waals surface area contributed by atoms with Crippen LogP contribution in [0.3, 0.4) is 0 Å². The molecular formula is C22H28N4O3. The standard InChI is InChI=1S/C22H28N4O3/c1-3-11-26(12-4-2)22(29)17-8-6-10-19(14-17)25-20(27)15-24-18-9-5-7-16(13-18)21(23)28/h5-10,13-14,24H,3-4,11-12,15H2,1-2H3,(H2,23,28)(H,25,27). The number of nitrogens with zero attached hydrogens (tertiary/aromatic N) is 1. The summed E-state index contributed by atoms with van der Waals surface area (Å²) in [5.41, 5.74) is 7.35. The van der Waals surface area contributed by atoms with Gasteiger partial charge in [-0.05, 0) is 49.2 Å². The van der Waals surface area contributed by atoms with E-state index in [0.29, 0.717) is 35.6 Å². The summed E-state index contributed by atoms with van der Waals surface area (Å²) in [5, 5.41) is 5.74. The molecular weight excluding hydrogens is 368 g/mol. The van der Waals surface area contributed by atoms with Gasteiger partial charge in [0.2, 0.25) is 11.8 Å². The molecule has 0 unspecified atom stereocenters. The molecule has 0 aromatic heterocycles. The van der Waals surface area contributed by atoms with E-state index in [4.69, 9.17) is 5.73 Å². The molecule has 0 heterocycles. The third kappa shape index (κ3) is 6.64. The van der Waals surface area contributed by atoms with Gasteiger partial charge in [0.25, 0.3) is 5.91 Å². The third-order valence-electron chi connectivity index (χ3n) is 4.27. The molecule has 7 nitrogen and oxygen atoms in total. The average Bonchev–Trinajstić information content (AvgIpc) is 2.72. The lowest BCUT2D eigenvalue weighted by Crippen LogP contribution is -2.32. The minimum atomic E-state index is -0.528. The van der Waals surface area contributed by atoms with Crippen molar-refractivity contribution in [3.8, 4) is 0 Å². The Balaban J connectivity index is 1.98. The first-order valence-corrected chi connectivity index (χ1v) is 9.77. The zero-order valence-electron chi connectivity index (χ0n) is 16.9. The van der Waals surface area contributed by atoms with Crippen LogP contribution in [-0.4, -0.2) is 42.3 Å². The molecule has 0 radical (unpaired) electrons. The van der Waals surface area contributed by atoms with E-state index < -0.39 is 5.91 Å². The summed E-state index contributed by atoms with van der Waals surface area (Å²) in [6.45, 7) is 5.50. The van der Waals surface area contributed by atoms with Gasteiger partial charge in [0.15, 0.2) is 0 Å². The van der Waals surface area contributed by atoms with Crippen molar-refractivity contribution >= 4 is 29.1 Å². The van der Waals surface area contributed by atoms with Crippen molar-refractivity contribution < 1.29 is 14.4 Å². The molecule has 0 saturated carbocycles. The molecule has 7 heteroatoms. The smallest absolute Gasteiger partial charge is 0.253 e. The number of carbonyl (C=O) groups excluding carboxylic acids is 3. The van der Waals surface area contributed by atoms with Gasteiger partial charge in [-0.25, -0.2) is 0 Å². The van der Waals surface area contributed by atoms with Crippen LogP contribution in [0.15, 0.2) is 48.5 Å². The van der Waals surface area contributed by atoms with E-state index in [9.17, 15) is 14.4 Å². The fourth-order valence-corrected chi connectivity index (χ4v) is 2.94. The summed E-state index contributed by atoms with van der Waals surface area (Å²) in [6, 6.07) is 13.6. The van der Waals surface area contributed by atoms with Gasteiger partial charge >= 0.3 is 0 Å². The number of anilines is 2. The second-order valence-corrected chi connectivity index (χ2v) is 6.72. The Labute approximate surface area is 171 Å². The molecule has 2 aromatic rings. The molecule has 0 bridgehead atoms. The molecule has 2 aromatic carbocycles. The highest BCUT2D eigenvalue weighted by atomic mass is 16.2. The van der Waals surface area contributed by atoms with Gasteiger partial charge < -0.3 is 21.3 Å². The van der Waals surface area contributed by atoms with Crippen LogP contribution in [-0.2, 0) is 4.79 Å². The molecule has 3 amide bonds. The van der Waals surface area contributed by atoms with Crippen LogP contribution >= 0.6 is 0 Å². The van der Waals surface area contributed by atoms with Gasteiger partial charge in [-0.2, -0.15) is 0 Å². The first-order chi connectivity index (χ1) is 13.9. The molecule has 0 fully saturated rings. The number of carbonyl (C=O) groups is 3. The Bertz CT molecular complexity index is 861. The zero-order valence-corrected chi connectivity index (χ0v) is 16.9. The average molecular weight is 396 g/mol. The minimum Gasteiger partial charge on any atom is -0.376 e. The van der Waals surface area contributed by atoms with E-state index in [1.807, 2.05) is 18.7 Å². The Kier molecular flexibility index (Phi) is 8.21. The summed E-state index contributed by atoms with van der Waals surface area (Å²) in [5.74, 6) is -0.830. The van der Waals surface area contributed by atoms with Crippen LogP contribution < -0.4 is 16.4 Å². The van der Waals surface area contributed by atoms with E-state index in [-0.39, 0.29) is 18.4 Å². The first-order valence-electron chi connectivity index (χ1n) is 9.77. The summed E-state index contributed by atoms with van der Waals surface area (Å²) in [7, 11) is 0. The lowest BCUT2D eigenvalue weighted by Gasteiger charge is -2.21. The molecule has 0 aliphatic rings. The SMILES string of the molecule is CCCN(CCC)C(=O)c1cccc(NC(=O)CNc2cccc(C(N)=O)c2)c1. The molecule has 154 valence electrons. The van der Waals surface area contributed by atoms with Gasteiger partial charge in [-0.3, -0.25) is 14.4 Å². The number of hydrogen-bond acceptors (Lipinski definition) is 4. The van der Waals surface area contributed by atoms with Crippen LogP contribution in [0.4, 0.5) is 11.4 Å². The normalized spacial score (nSPS) is 10.3. The fraction of sp³-hybridized carbons (Fsp3) is 0.318. The summed E-state index contributed by atoms with van der Waals surface area (Å²) in [6.07, 6.45) is 1.79. The lowest BCUT2D eigenvalue weighted by atomic mass is 10.1. The van der Waals surface area contributed by atoms with Crippen LogP contribution in [0, 0.1) is 0 Å². The van der Waals surface area contributed by atoms with Crippen molar-refractivity contribution in [1.29, 1.82) is 0 Å². The molecule has 29 heavy (non-hydrogen) atoms. The van der Waals surface area contributed by atoms with Crippen molar-refractivity contribution in [3.05, 3.63) is 59.7 Å². The zero-order chi connectivity index (χ0) is 21.2. The van der Waals surface area contributed by atoms with Crippen molar-refractivity contribution in [1.82, 2.24) is 4.90 Å². The molecule has 0 aliphatic heterocycles. The van der Waals surface area contributed by atoms with Gasteiger partial charge in [0.1, 0.15) is 0 Å². The highest BCUT2D eigenvalue weighted by Gasteiger charge is 2.15. The van der Waals surface area contributed by atoms with Crippen LogP contribution in [0.1, 0.15) is 47.4 Å². The number of nitrogens with one attached hydrogen (secondary N) is 2. The number of rotatable bonds is 10. The number of hydrogen-bond donors (Lipinski definition) is 3. The van der Waals surface area contributed by atoms with Gasteiger partial charge in [-0.1, -0.05) is 26.0 Å². The quantitative estimate of drug-likeness (QED) is 0.574. The topological polar surface area (TPSA) is 105 Å². The van der Waals surface area contributed by atoms with Crippen LogP contribution in [0.5, 0.6) is 0 Å². The third-order valence-corrected chi connectivity index (χ3v) is 4.27. The number of primary amides is 1. The van der Waals surface area contributed by atoms with E-state index >= 15 is 0 Å². The Morgan fingerprint density at radius 2 is 1.48 bits per heavy atom. The summed E-state index contributed by atoms with van der Waals surface area (Å²) >= 11 is 0. The van der Waals surface area contributed by atoms with Crippen molar-refractivity contribution in [2.24, 2.45) is 5.73 Å². The van der Waals surface area contributed by atoms with Gasteiger partial charge in [-0.15, -0.1) is 0 Å². The predicted octanol–water partition coefficient (Wildman–Crippen LogP) is 3.10. The lowest BCUT2D eigenvalue weighted by molar-refractivity contribution is -0.114. The highest BCUT2D eigenvalue weighted by molar-refractivity contribution is 5.98. The molecule has 0 atom stereocenters. The Morgan fingerprint density at radius 1 is 0.897 bits per heavy atom. The highest BCUT2D eigenvalue weighted by Crippen LogP contribution is 2.14. The second-order valence-electron chi connectivity index (χ2n) is 6.72. The summed E-state index contributed by atoms with van der Waals surface area (Å²) in [4.78, 5) is 38.0. The maximum Gasteiger partial charge on any atom is 0.253 e. The molecule has 2 rings (SSSR count). The molecule has 0 aliphatic carbocycles. The van der Waals surface area contributed by atoms with Gasteiger partial charge in [0.05, 0.1) is 6.54 Å². The molecule has 4 N–H and O–H groups in total. The van der Waals surface area contributed by atoms with Crippen molar-refractivity contribution in [2.45, 2.75) is 26.7 Å².